The first-order valence-electron chi connectivity index (χ1n) is 8.17. The topological polar surface area (TPSA) is 62.2 Å². The van der Waals surface area contributed by atoms with Crippen LogP contribution in [0.15, 0.2) is 48.5 Å². The van der Waals surface area contributed by atoms with Crippen LogP contribution in [0.4, 0.5) is 0 Å². The molecule has 0 bridgehead atoms. The van der Waals surface area contributed by atoms with Crippen molar-refractivity contribution in [3.63, 3.8) is 0 Å². The van der Waals surface area contributed by atoms with Gasteiger partial charge < -0.3 is 10.4 Å². The van der Waals surface area contributed by atoms with Gasteiger partial charge in [-0.05, 0) is 43.5 Å². The number of phenols is 1. The van der Waals surface area contributed by atoms with Gasteiger partial charge in [-0.25, -0.2) is 4.98 Å². The van der Waals surface area contributed by atoms with Gasteiger partial charge in [0.1, 0.15) is 5.52 Å². The lowest BCUT2D eigenvalue weighted by Crippen LogP contribution is -2.25. The molecule has 1 aromatic heterocycles. The van der Waals surface area contributed by atoms with Crippen molar-refractivity contribution in [1.82, 2.24) is 10.3 Å². The van der Waals surface area contributed by atoms with Crippen molar-refractivity contribution < 1.29 is 9.90 Å². The Morgan fingerprint density at radius 3 is 2.65 bits per heavy atom. The Balaban J connectivity index is 0.00000243. The molecule has 0 saturated carbocycles. The van der Waals surface area contributed by atoms with E-state index in [1.165, 1.54) is 11.6 Å². The average molecular weight is 371 g/mol. The van der Waals surface area contributed by atoms with E-state index in [9.17, 15) is 9.90 Å². The van der Waals surface area contributed by atoms with Gasteiger partial charge >= 0.3 is 0 Å². The third-order valence-electron chi connectivity index (χ3n) is 4.06. The summed E-state index contributed by atoms with van der Waals surface area (Å²) in [6, 6.07) is 15.2. The van der Waals surface area contributed by atoms with Crippen LogP contribution in [-0.2, 0) is 6.42 Å². The molecule has 0 radical (unpaired) electrons. The number of rotatable bonds is 5. The van der Waals surface area contributed by atoms with E-state index < -0.39 is 0 Å². The number of carbonyl (C=O) groups is 1. The van der Waals surface area contributed by atoms with Gasteiger partial charge in [0.05, 0.1) is 10.6 Å². The second kappa shape index (κ2) is 8.68. The van der Waals surface area contributed by atoms with E-state index in [0.717, 1.165) is 18.5 Å². The fourth-order valence-corrected chi connectivity index (χ4v) is 3.00. The monoisotopic (exact) mass is 370 g/mol. The SMILES string of the molecule is C.Cc1ccc2c(Cl)cc(C(=O)NCCCc3ccccc3)c(O)c2n1. The second-order valence-corrected chi connectivity index (χ2v) is 6.36. The number of aromatic nitrogens is 1. The molecule has 136 valence electrons. The number of aromatic hydroxyl groups is 1. The number of nitrogens with zero attached hydrogens (tertiary/aromatic N) is 1. The predicted octanol–water partition coefficient (Wildman–Crippen LogP) is 4.90. The van der Waals surface area contributed by atoms with Crippen molar-refractivity contribution >= 4 is 28.4 Å². The Kier molecular flexibility index (Phi) is 6.58. The van der Waals surface area contributed by atoms with E-state index in [-0.39, 0.29) is 24.6 Å². The van der Waals surface area contributed by atoms with Gasteiger partial charge in [0.2, 0.25) is 0 Å². The number of benzene rings is 2. The van der Waals surface area contributed by atoms with Crippen LogP contribution in [0.25, 0.3) is 10.9 Å². The summed E-state index contributed by atoms with van der Waals surface area (Å²) in [6.07, 6.45) is 1.70. The predicted molar refractivity (Wildman–Crippen MR) is 107 cm³/mol. The molecule has 3 rings (SSSR count). The first-order valence-corrected chi connectivity index (χ1v) is 8.55. The molecular formula is C21H23ClN2O2. The minimum absolute atomic E-state index is 0. The summed E-state index contributed by atoms with van der Waals surface area (Å²) in [7, 11) is 0. The minimum atomic E-state index is -0.349. The standard InChI is InChI=1S/C20H19ClN2O2.CH4/c1-13-9-10-15-17(21)12-16(19(24)18(15)23-13)20(25)22-11-5-8-14-6-3-2-4-7-14;/h2-4,6-7,9-10,12,24H,5,8,11H2,1H3,(H,22,25);1H4. The van der Waals surface area contributed by atoms with Crippen LogP contribution in [-0.4, -0.2) is 22.5 Å². The Hall–Kier alpha value is -2.59. The molecule has 2 N–H and O–H groups in total. The summed E-state index contributed by atoms with van der Waals surface area (Å²) in [5.41, 5.74) is 2.48. The molecule has 0 atom stereocenters. The van der Waals surface area contributed by atoms with Crippen LogP contribution in [0.2, 0.25) is 5.02 Å². The summed E-state index contributed by atoms with van der Waals surface area (Å²) < 4.78 is 0. The summed E-state index contributed by atoms with van der Waals surface area (Å²) in [5, 5.41) is 14.3. The number of aryl methyl sites for hydroxylation is 2. The summed E-state index contributed by atoms with van der Waals surface area (Å²) in [4.78, 5) is 16.7. The number of amides is 1. The van der Waals surface area contributed by atoms with Crippen molar-refractivity contribution in [2.24, 2.45) is 0 Å². The third kappa shape index (κ3) is 4.33. The normalized spacial score (nSPS) is 10.4. The minimum Gasteiger partial charge on any atom is -0.505 e. The highest BCUT2D eigenvalue weighted by Crippen LogP contribution is 2.33. The van der Waals surface area contributed by atoms with Crippen molar-refractivity contribution in [3.8, 4) is 5.75 Å². The highest BCUT2D eigenvalue weighted by Gasteiger charge is 2.17. The van der Waals surface area contributed by atoms with Crippen molar-refractivity contribution in [1.29, 1.82) is 0 Å². The molecule has 0 aliphatic rings. The smallest absolute Gasteiger partial charge is 0.255 e. The van der Waals surface area contributed by atoms with E-state index in [1.807, 2.05) is 31.2 Å². The van der Waals surface area contributed by atoms with Crippen molar-refractivity contribution in [3.05, 3.63) is 70.4 Å². The second-order valence-electron chi connectivity index (χ2n) is 5.95. The third-order valence-corrected chi connectivity index (χ3v) is 4.37. The van der Waals surface area contributed by atoms with E-state index >= 15 is 0 Å². The Labute approximate surface area is 158 Å². The van der Waals surface area contributed by atoms with E-state index in [4.69, 9.17) is 11.6 Å². The Morgan fingerprint density at radius 2 is 1.92 bits per heavy atom. The molecule has 4 nitrogen and oxygen atoms in total. The van der Waals surface area contributed by atoms with Gasteiger partial charge in [0.25, 0.3) is 5.91 Å². The van der Waals surface area contributed by atoms with Crippen LogP contribution in [0.5, 0.6) is 5.75 Å². The van der Waals surface area contributed by atoms with Crippen molar-refractivity contribution in [2.75, 3.05) is 6.54 Å². The van der Waals surface area contributed by atoms with E-state index in [2.05, 4.69) is 22.4 Å². The number of fused-ring (bicyclic) bond motifs is 1. The lowest BCUT2D eigenvalue weighted by atomic mass is 10.1. The molecule has 2 aromatic carbocycles. The quantitative estimate of drug-likeness (QED) is 0.628. The van der Waals surface area contributed by atoms with Gasteiger partial charge in [-0.2, -0.15) is 0 Å². The fraction of sp³-hybridized carbons (Fsp3) is 0.238. The van der Waals surface area contributed by atoms with Crippen LogP contribution in [0, 0.1) is 6.92 Å². The lowest BCUT2D eigenvalue weighted by molar-refractivity contribution is 0.0951. The molecular weight excluding hydrogens is 348 g/mol. The highest BCUT2D eigenvalue weighted by atomic mass is 35.5. The summed E-state index contributed by atoms with van der Waals surface area (Å²) in [6.45, 7) is 2.34. The molecule has 1 heterocycles. The van der Waals surface area contributed by atoms with Gasteiger partial charge in [-0.1, -0.05) is 49.4 Å². The molecule has 26 heavy (non-hydrogen) atoms. The maximum Gasteiger partial charge on any atom is 0.255 e. The van der Waals surface area contributed by atoms with Gasteiger partial charge in [0, 0.05) is 17.6 Å². The number of carbonyl (C=O) groups excluding carboxylic acids is 1. The molecule has 1 amide bonds. The number of hydrogen-bond donors (Lipinski definition) is 2. The highest BCUT2D eigenvalue weighted by molar-refractivity contribution is 6.36. The zero-order valence-corrected chi connectivity index (χ0v) is 14.7. The zero-order valence-electron chi connectivity index (χ0n) is 13.9. The van der Waals surface area contributed by atoms with Gasteiger partial charge in [-0.15, -0.1) is 0 Å². The molecule has 5 heteroatoms. The maximum atomic E-state index is 12.4. The number of nitrogens with one attached hydrogen (secondary N) is 1. The molecule has 3 aromatic rings. The van der Waals surface area contributed by atoms with Gasteiger partial charge in [-0.3, -0.25) is 4.79 Å². The number of phenolic OH excluding ortho intramolecular Hbond substituents is 1. The van der Waals surface area contributed by atoms with Crippen LogP contribution >= 0.6 is 11.6 Å². The molecule has 0 saturated heterocycles. The molecule has 0 unspecified atom stereocenters. The zero-order chi connectivity index (χ0) is 17.8. The molecule has 0 aliphatic heterocycles. The Morgan fingerprint density at radius 1 is 1.19 bits per heavy atom. The number of halogens is 1. The molecule has 0 spiro atoms. The summed E-state index contributed by atoms with van der Waals surface area (Å²) in [5.74, 6) is -0.485. The molecule has 0 fully saturated rings. The lowest BCUT2D eigenvalue weighted by Gasteiger charge is -2.10. The first-order chi connectivity index (χ1) is 12.1. The fourth-order valence-electron chi connectivity index (χ4n) is 2.74. The van der Waals surface area contributed by atoms with E-state index in [1.54, 1.807) is 6.07 Å². The Bertz CT molecular complexity index is 911. The van der Waals surface area contributed by atoms with Gasteiger partial charge in [0.15, 0.2) is 5.75 Å². The maximum absolute atomic E-state index is 12.4. The number of hydrogen-bond acceptors (Lipinski definition) is 3. The van der Waals surface area contributed by atoms with E-state index in [0.29, 0.717) is 22.5 Å². The van der Waals surface area contributed by atoms with Crippen molar-refractivity contribution in [2.45, 2.75) is 27.2 Å². The largest absolute Gasteiger partial charge is 0.505 e. The molecule has 0 aliphatic carbocycles. The van der Waals surface area contributed by atoms with Crippen LogP contribution < -0.4 is 5.32 Å². The van der Waals surface area contributed by atoms with Crippen LogP contribution in [0.3, 0.4) is 0 Å². The summed E-state index contributed by atoms with van der Waals surface area (Å²) >= 11 is 6.24. The average Bonchev–Trinajstić information content (AvgIpc) is 2.62. The number of pyridine rings is 1. The van der Waals surface area contributed by atoms with Crippen LogP contribution in [0.1, 0.15) is 35.5 Å². The first kappa shape index (κ1) is 19.7.